The van der Waals surface area contributed by atoms with Gasteiger partial charge in [0, 0.05) is 25.6 Å². The fourth-order valence-electron chi connectivity index (χ4n) is 2.67. The van der Waals surface area contributed by atoms with Crippen LogP contribution in [0, 0.1) is 23.5 Å². The van der Waals surface area contributed by atoms with Gasteiger partial charge in [-0.1, -0.05) is 6.92 Å². The number of nitrogens with zero attached hydrogens (tertiary/aromatic N) is 1. The third-order valence-electron chi connectivity index (χ3n) is 4.36. The van der Waals surface area contributed by atoms with Crippen LogP contribution in [0.2, 0.25) is 0 Å². The highest BCUT2D eigenvalue weighted by atomic mass is 32.2. The number of sulfonamides is 1. The lowest BCUT2D eigenvalue weighted by Crippen LogP contribution is -2.44. The highest BCUT2D eigenvalue weighted by Gasteiger charge is 2.33. The molecule has 140 valence electrons. The third-order valence-corrected chi connectivity index (χ3v) is 6.28. The average molecular weight is 375 g/mol. The first-order chi connectivity index (χ1) is 11.8. The number of amides is 1. The molecule has 0 bridgehead atoms. The molecule has 0 aliphatic carbocycles. The van der Waals surface area contributed by atoms with E-state index in [1.54, 1.807) is 0 Å². The van der Waals surface area contributed by atoms with Gasteiger partial charge in [0.05, 0.1) is 0 Å². The molecule has 0 spiro atoms. The number of hydrogen-bond acceptors (Lipinski definition) is 4. The van der Waals surface area contributed by atoms with E-state index in [4.69, 9.17) is 5.73 Å². The third kappa shape index (κ3) is 4.74. The maximum absolute atomic E-state index is 13.8. The Kier molecular flexibility index (Phi) is 6.47. The molecular weight excluding hydrogens is 352 g/mol. The summed E-state index contributed by atoms with van der Waals surface area (Å²) in [6.45, 7) is 3.03. The first-order valence-corrected chi connectivity index (χ1v) is 9.62. The molecule has 0 saturated carbocycles. The van der Waals surface area contributed by atoms with Crippen molar-refractivity contribution in [2.24, 2.45) is 17.6 Å². The molecule has 1 amide bonds. The van der Waals surface area contributed by atoms with Crippen molar-refractivity contribution < 1.29 is 22.0 Å². The zero-order valence-electron chi connectivity index (χ0n) is 14.0. The summed E-state index contributed by atoms with van der Waals surface area (Å²) in [5, 5.41) is 2.81. The van der Waals surface area contributed by atoms with Gasteiger partial charge in [0.1, 0.15) is 16.5 Å². The standard InChI is InChI=1S/C16H23F2N3O3S/c1-11(9-19)10-20-16(22)12-4-6-21(7-5-12)25(23,24)15-8-13(17)2-3-14(15)18/h2-3,8,11-12H,4-7,9-10,19H2,1H3,(H,20,22). The predicted octanol–water partition coefficient (Wildman–Crippen LogP) is 1.08. The zero-order chi connectivity index (χ0) is 18.6. The van der Waals surface area contributed by atoms with Crippen LogP contribution in [-0.2, 0) is 14.8 Å². The fraction of sp³-hybridized carbons (Fsp3) is 0.562. The van der Waals surface area contributed by atoms with Crippen molar-refractivity contribution >= 4 is 15.9 Å². The second-order valence-corrected chi connectivity index (χ2v) is 8.25. The van der Waals surface area contributed by atoms with E-state index in [1.165, 1.54) is 0 Å². The van der Waals surface area contributed by atoms with E-state index in [1.807, 2.05) is 6.92 Å². The summed E-state index contributed by atoms with van der Waals surface area (Å²) in [5.74, 6) is -2.07. The molecule has 1 aliphatic rings. The van der Waals surface area contributed by atoms with Gasteiger partial charge >= 0.3 is 0 Å². The summed E-state index contributed by atoms with van der Waals surface area (Å²) in [7, 11) is -4.12. The summed E-state index contributed by atoms with van der Waals surface area (Å²) >= 11 is 0. The van der Waals surface area contributed by atoms with Gasteiger partial charge in [-0.15, -0.1) is 0 Å². The topological polar surface area (TPSA) is 92.5 Å². The van der Waals surface area contributed by atoms with Gasteiger partial charge in [-0.2, -0.15) is 4.31 Å². The number of rotatable bonds is 6. The molecule has 1 heterocycles. The minimum atomic E-state index is -4.12. The van der Waals surface area contributed by atoms with Crippen LogP contribution < -0.4 is 11.1 Å². The largest absolute Gasteiger partial charge is 0.356 e. The van der Waals surface area contributed by atoms with Crippen LogP contribution in [0.3, 0.4) is 0 Å². The predicted molar refractivity (Wildman–Crippen MR) is 89.1 cm³/mol. The van der Waals surface area contributed by atoms with E-state index >= 15 is 0 Å². The summed E-state index contributed by atoms with van der Waals surface area (Å²) in [6.07, 6.45) is 0.665. The van der Waals surface area contributed by atoms with Crippen molar-refractivity contribution in [1.82, 2.24) is 9.62 Å². The molecule has 6 nitrogen and oxygen atoms in total. The molecule has 1 aliphatic heterocycles. The summed E-state index contributed by atoms with van der Waals surface area (Å²) in [4.78, 5) is 11.4. The van der Waals surface area contributed by atoms with Gasteiger partial charge in [-0.25, -0.2) is 17.2 Å². The van der Waals surface area contributed by atoms with Crippen LogP contribution in [-0.4, -0.2) is 44.8 Å². The van der Waals surface area contributed by atoms with Gasteiger partial charge in [0.15, 0.2) is 0 Å². The van der Waals surface area contributed by atoms with Crippen LogP contribution in [0.1, 0.15) is 19.8 Å². The molecule has 2 rings (SSSR count). The van der Waals surface area contributed by atoms with Crippen LogP contribution in [0.5, 0.6) is 0 Å². The van der Waals surface area contributed by atoms with Gasteiger partial charge in [-0.05, 0) is 43.5 Å². The number of hydrogen-bond donors (Lipinski definition) is 2. The first kappa shape index (κ1) is 19.7. The summed E-state index contributed by atoms with van der Waals surface area (Å²) in [5.41, 5.74) is 5.50. The number of nitrogens with one attached hydrogen (secondary N) is 1. The smallest absolute Gasteiger partial charge is 0.246 e. The van der Waals surface area contributed by atoms with Crippen LogP contribution in [0.25, 0.3) is 0 Å². The fourth-order valence-corrected chi connectivity index (χ4v) is 4.22. The molecule has 9 heteroatoms. The lowest BCUT2D eigenvalue weighted by molar-refractivity contribution is -0.126. The quantitative estimate of drug-likeness (QED) is 0.778. The normalized spacial score (nSPS) is 18.1. The summed E-state index contributed by atoms with van der Waals surface area (Å²) < 4.78 is 53.2. The Hall–Kier alpha value is -1.58. The maximum atomic E-state index is 13.8. The molecule has 0 aromatic heterocycles. The Balaban J connectivity index is 1.99. The Morgan fingerprint density at radius 3 is 2.60 bits per heavy atom. The van der Waals surface area contributed by atoms with Crippen molar-refractivity contribution in [3.05, 3.63) is 29.8 Å². The number of nitrogens with two attached hydrogens (primary N) is 1. The molecule has 1 saturated heterocycles. The first-order valence-electron chi connectivity index (χ1n) is 8.18. The zero-order valence-corrected chi connectivity index (χ0v) is 14.9. The van der Waals surface area contributed by atoms with Crippen molar-refractivity contribution in [1.29, 1.82) is 0 Å². The van der Waals surface area contributed by atoms with Crippen molar-refractivity contribution in [3.63, 3.8) is 0 Å². The Morgan fingerprint density at radius 1 is 1.36 bits per heavy atom. The number of benzene rings is 1. The van der Waals surface area contributed by atoms with Crippen molar-refractivity contribution in [2.75, 3.05) is 26.2 Å². The molecule has 1 aromatic carbocycles. The maximum Gasteiger partial charge on any atom is 0.246 e. The number of carbonyl (C=O) groups is 1. The Morgan fingerprint density at radius 2 is 2.00 bits per heavy atom. The monoisotopic (exact) mass is 375 g/mol. The van der Waals surface area contributed by atoms with E-state index in [2.05, 4.69) is 5.32 Å². The lowest BCUT2D eigenvalue weighted by atomic mass is 9.97. The lowest BCUT2D eigenvalue weighted by Gasteiger charge is -2.30. The van der Waals surface area contributed by atoms with Crippen molar-refractivity contribution in [3.8, 4) is 0 Å². The molecule has 0 radical (unpaired) electrons. The SMILES string of the molecule is CC(CN)CNC(=O)C1CCN(S(=O)(=O)c2cc(F)ccc2F)CC1. The average Bonchev–Trinajstić information content (AvgIpc) is 2.61. The molecular formula is C16H23F2N3O3S. The van der Waals surface area contributed by atoms with Crippen LogP contribution in [0.4, 0.5) is 8.78 Å². The van der Waals surface area contributed by atoms with E-state index in [-0.39, 0.29) is 30.8 Å². The van der Waals surface area contributed by atoms with E-state index in [9.17, 15) is 22.0 Å². The minimum absolute atomic E-state index is 0.0861. The molecule has 1 fully saturated rings. The van der Waals surface area contributed by atoms with Gasteiger partial charge < -0.3 is 11.1 Å². The van der Waals surface area contributed by atoms with Crippen LogP contribution >= 0.6 is 0 Å². The number of piperidine rings is 1. The molecule has 1 aromatic rings. The van der Waals surface area contributed by atoms with Gasteiger partial charge in [-0.3, -0.25) is 4.79 Å². The van der Waals surface area contributed by atoms with Crippen molar-refractivity contribution in [2.45, 2.75) is 24.7 Å². The van der Waals surface area contributed by atoms with E-state index in [0.29, 0.717) is 32.0 Å². The summed E-state index contributed by atoms with van der Waals surface area (Å²) in [6, 6.07) is 2.34. The molecule has 1 unspecified atom stereocenters. The van der Waals surface area contributed by atoms with E-state index in [0.717, 1.165) is 16.4 Å². The minimum Gasteiger partial charge on any atom is -0.356 e. The Bertz CT molecular complexity index is 719. The molecule has 1 atom stereocenters. The van der Waals surface area contributed by atoms with Crippen LogP contribution in [0.15, 0.2) is 23.1 Å². The highest BCUT2D eigenvalue weighted by molar-refractivity contribution is 7.89. The van der Waals surface area contributed by atoms with Gasteiger partial charge in [0.25, 0.3) is 0 Å². The second kappa shape index (κ2) is 8.20. The highest BCUT2D eigenvalue weighted by Crippen LogP contribution is 2.26. The number of halogens is 2. The number of carbonyl (C=O) groups excluding carboxylic acids is 1. The Labute approximate surface area is 146 Å². The van der Waals surface area contributed by atoms with Gasteiger partial charge in [0.2, 0.25) is 15.9 Å². The van der Waals surface area contributed by atoms with E-state index < -0.39 is 26.6 Å². The molecule has 25 heavy (non-hydrogen) atoms. The molecule has 3 N–H and O–H groups in total. The second-order valence-electron chi connectivity index (χ2n) is 6.34.